The van der Waals surface area contributed by atoms with E-state index in [-0.39, 0.29) is 0 Å². The van der Waals surface area contributed by atoms with Gasteiger partial charge in [0.1, 0.15) is 11.6 Å². The number of rotatable bonds is 9. The molecule has 0 amide bonds. The molecule has 30 heavy (non-hydrogen) atoms. The van der Waals surface area contributed by atoms with E-state index in [0.717, 1.165) is 55.5 Å². The van der Waals surface area contributed by atoms with Crippen LogP contribution in [-0.4, -0.2) is 64.6 Å². The number of benzene rings is 1. The van der Waals surface area contributed by atoms with Crippen LogP contribution >= 0.6 is 0 Å². The van der Waals surface area contributed by atoms with Crippen LogP contribution < -0.4 is 20.3 Å². The maximum Gasteiger partial charge on any atom is 0.195 e. The first-order valence-corrected chi connectivity index (χ1v) is 10.3. The second-order valence-corrected chi connectivity index (χ2v) is 6.86. The standard InChI is InChI=1S/C22H31N5O3/c1-23-22(26-19-7-3-8-20(16-19)30-13-5-12-28-2)25-17-18-6-4-9-24-21(18)27-10-14-29-15-11-27/h3-4,6-9,16H,5,10-15,17H2,1-2H3,(H2,23,25,26). The van der Waals surface area contributed by atoms with Crippen molar-refractivity contribution < 1.29 is 14.2 Å². The Bertz CT molecular complexity index is 809. The van der Waals surface area contributed by atoms with Gasteiger partial charge in [0.2, 0.25) is 0 Å². The minimum Gasteiger partial charge on any atom is -0.493 e. The molecule has 0 bridgehead atoms. The lowest BCUT2D eigenvalue weighted by molar-refractivity contribution is 0.122. The lowest BCUT2D eigenvalue weighted by Crippen LogP contribution is -2.38. The molecule has 1 fully saturated rings. The summed E-state index contributed by atoms with van der Waals surface area (Å²) in [6.07, 6.45) is 2.69. The van der Waals surface area contributed by atoms with Crippen molar-refractivity contribution in [1.82, 2.24) is 10.3 Å². The summed E-state index contributed by atoms with van der Waals surface area (Å²) in [7, 11) is 3.45. The summed E-state index contributed by atoms with van der Waals surface area (Å²) >= 11 is 0. The smallest absolute Gasteiger partial charge is 0.195 e. The van der Waals surface area contributed by atoms with Crippen LogP contribution in [0.1, 0.15) is 12.0 Å². The Kier molecular flexibility index (Phi) is 8.74. The van der Waals surface area contributed by atoms with Gasteiger partial charge >= 0.3 is 0 Å². The van der Waals surface area contributed by atoms with Gasteiger partial charge in [-0.2, -0.15) is 0 Å². The summed E-state index contributed by atoms with van der Waals surface area (Å²) in [5.41, 5.74) is 2.03. The number of guanidine groups is 1. The molecule has 2 aromatic rings. The van der Waals surface area contributed by atoms with Crippen molar-refractivity contribution in [2.75, 3.05) is 63.9 Å². The SMILES string of the molecule is CN=C(NCc1cccnc1N1CCOCC1)Nc1cccc(OCCCOC)c1. The summed E-state index contributed by atoms with van der Waals surface area (Å²) in [4.78, 5) is 11.2. The molecule has 8 nitrogen and oxygen atoms in total. The zero-order valence-corrected chi connectivity index (χ0v) is 17.8. The van der Waals surface area contributed by atoms with E-state index in [1.54, 1.807) is 14.2 Å². The van der Waals surface area contributed by atoms with Gasteiger partial charge in [0, 0.05) is 70.3 Å². The Hall–Kier alpha value is -2.84. The lowest BCUT2D eigenvalue weighted by atomic mass is 10.2. The Balaban J connectivity index is 1.57. The van der Waals surface area contributed by atoms with Gasteiger partial charge in [-0.3, -0.25) is 4.99 Å². The topological polar surface area (TPSA) is 80.2 Å². The van der Waals surface area contributed by atoms with Gasteiger partial charge in [-0.25, -0.2) is 4.98 Å². The highest BCUT2D eigenvalue weighted by atomic mass is 16.5. The second-order valence-electron chi connectivity index (χ2n) is 6.86. The zero-order valence-electron chi connectivity index (χ0n) is 17.8. The number of hydrogen-bond donors (Lipinski definition) is 2. The number of aromatic nitrogens is 1. The molecule has 0 unspecified atom stereocenters. The first kappa shape index (κ1) is 21.9. The Labute approximate surface area is 178 Å². The van der Waals surface area contributed by atoms with Crippen molar-refractivity contribution in [3.63, 3.8) is 0 Å². The minimum absolute atomic E-state index is 0.618. The Morgan fingerprint density at radius 2 is 2.07 bits per heavy atom. The highest BCUT2D eigenvalue weighted by molar-refractivity contribution is 5.93. The molecular formula is C22H31N5O3. The molecule has 3 rings (SSSR count). The molecule has 1 aliphatic heterocycles. The molecule has 162 valence electrons. The van der Waals surface area contributed by atoms with Crippen LogP contribution in [0.5, 0.6) is 5.75 Å². The van der Waals surface area contributed by atoms with Gasteiger partial charge in [0.05, 0.1) is 19.8 Å². The lowest BCUT2D eigenvalue weighted by Gasteiger charge is -2.29. The molecule has 2 N–H and O–H groups in total. The number of pyridine rings is 1. The van der Waals surface area contributed by atoms with E-state index >= 15 is 0 Å². The largest absolute Gasteiger partial charge is 0.493 e. The van der Waals surface area contributed by atoms with Crippen molar-refractivity contribution in [3.8, 4) is 5.75 Å². The number of methoxy groups -OCH3 is 1. The van der Waals surface area contributed by atoms with Crippen LogP contribution in [0.2, 0.25) is 0 Å². The molecule has 2 heterocycles. The van der Waals surface area contributed by atoms with Crippen molar-refractivity contribution in [3.05, 3.63) is 48.2 Å². The molecule has 0 radical (unpaired) electrons. The fraction of sp³-hybridized carbons (Fsp3) is 0.455. The predicted molar refractivity (Wildman–Crippen MR) is 120 cm³/mol. The quantitative estimate of drug-likeness (QED) is 0.371. The molecular weight excluding hydrogens is 382 g/mol. The third-order valence-corrected chi connectivity index (χ3v) is 4.71. The maximum absolute atomic E-state index is 5.77. The average molecular weight is 414 g/mol. The minimum atomic E-state index is 0.618. The van der Waals surface area contributed by atoms with Gasteiger partial charge in [-0.1, -0.05) is 12.1 Å². The van der Waals surface area contributed by atoms with E-state index in [4.69, 9.17) is 14.2 Å². The third-order valence-electron chi connectivity index (χ3n) is 4.71. The molecule has 0 atom stereocenters. The van der Waals surface area contributed by atoms with Crippen LogP contribution in [-0.2, 0) is 16.0 Å². The molecule has 8 heteroatoms. The first-order chi connectivity index (χ1) is 14.8. The van der Waals surface area contributed by atoms with Crippen molar-refractivity contribution in [2.24, 2.45) is 4.99 Å². The fourth-order valence-electron chi connectivity index (χ4n) is 3.18. The number of ether oxygens (including phenoxy) is 3. The summed E-state index contributed by atoms with van der Waals surface area (Å²) < 4.78 is 16.3. The highest BCUT2D eigenvalue weighted by Crippen LogP contribution is 2.19. The summed E-state index contributed by atoms with van der Waals surface area (Å²) in [5.74, 6) is 2.49. The van der Waals surface area contributed by atoms with Crippen molar-refractivity contribution in [2.45, 2.75) is 13.0 Å². The second kappa shape index (κ2) is 12.0. The van der Waals surface area contributed by atoms with Crippen LogP contribution in [0.15, 0.2) is 47.6 Å². The number of nitrogens with one attached hydrogen (secondary N) is 2. The molecule has 1 saturated heterocycles. The normalized spacial score (nSPS) is 14.5. The van der Waals surface area contributed by atoms with E-state index < -0.39 is 0 Å². The summed E-state index contributed by atoms with van der Waals surface area (Å²) in [5, 5.41) is 6.70. The monoisotopic (exact) mass is 413 g/mol. The molecule has 0 saturated carbocycles. The summed E-state index contributed by atoms with van der Waals surface area (Å²) in [6.45, 7) is 5.10. The van der Waals surface area contributed by atoms with E-state index in [1.165, 1.54) is 0 Å². The third kappa shape index (κ3) is 6.60. The van der Waals surface area contributed by atoms with Crippen LogP contribution in [0.4, 0.5) is 11.5 Å². The van der Waals surface area contributed by atoms with E-state index in [9.17, 15) is 0 Å². The van der Waals surface area contributed by atoms with Gasteiger partial charge in [0.25, 0.3) is 0 Å². The van der Waals surface area contributed by atoms with Crippen LogP contribution in [0.3, 0.4) is 0 Å². The molecule has 0 spiro atoms. The number of hydrogen-bond acceptors (Lipinski definition) is 6. The number of nitrogens with zero attached hydrogens (tertiary/aromatic N) is 3. The maximum atomic E-state index is 5.77. The van der Waals surface area contributed by atoms with Crippen LogP contribution in [0.25, 0.3) is 0 Å². The number of anilines is 2. The Morgan fingerprint density at radius 1 is 1.20 bits per heavy atom. The van der Waals surface area contributed by atoms with Gasteiger partial charge in [-0.15, -0.1) is 0 Å². The van der Waals surface area contributed by atoms with E-state index in [2.05, 4.69) is 31.6 Å². The first-order valence-electron chi connectivity index (χ1n) is 10.3. The molecule has 1 aromatic heterocycles. The molecule has 0 aliphatic carbocycles. The van der Waals surface area contributed by atoms with E-state index in [1.807, 2.05) is 36.5 Å². The average Bonchev–Trinajstić information content (AvgIpc) is 2.80. The summed E-state index contributed by atoms with van der Waals surface area (Å²) in [6, 6.07) is 11.9. The van der Waals surface area contributed by atoms with Crippen molar-refractivity contribution in [1.29, 1.82) is 0 Å². The number of morpholine rings is 1. The van der Waals surface area contributed by atoms with Gasteiger partial charge in [-0.05, 0) is 18.2 Å². The molecule has 1 aromatic carbocycles. The highest BCUT2D eigenvalue weighted by Gasteiger charge is 2.16. The van der Waals surface area contributed by atoms with E-state index in [0.29, 0.717) is 25.7 Å². The fourth-order valence-corrected chi connectivity index (χ4v) is 3.18. The predicted octanol–water partition coefficient (Wildman–Crippen LogP) is 2.52. The Morgan fingerprint density at radius 3 is 2.87 bits per heavy atom. The van der Waals surface area contributed by atoms with Gasteiger partial charge < -0.3 is 29.7 Å². The molecule has 1 aliphatic rings. The number of aliphatic imine (C=N–C) groups is 1. The van der Waals surface area contributed by atoms with Crippen LogP contribution in [0, 0.1) is 0 Å². The van der Waals surface area contributed by atoms with Gasteiger partial charge in [0.15, 0.2) is 5.96 Å². The zero-order chi connectivity index (χ0) is 21.0. The van der Waals surface area contributed by atoms with Crippen molar-refractivity contribution >= 4 is 17.5 Å².